The average molecular weight is 277 g/mol. The molecule has 7 nitrogen and oxygen atoms in total. The van der Waals surface area contributed by atoms with Crippen LogP contribution in [0.15, 0.2) is 18.7 Å². The Hall–Kier alpha value is -2.31. The van der Waals surface area contributed by atoms with Gasteiger partial charge in [0.1, 0.15) is 6.33 Å². The largest absolute Gasteiger partial charge is 0.476 e. The van der Waals surface area contributed by atoms with Crippen molar-refractivity contribution in [1.29, 1.82) is 0 Å². The third-order valence-corrected chi connectivity index (χ3v) is 2.53. The van der Waals surface area contributed by atoms with Crippen molar-refractivity contribution in [2.24, 2.45) is 0 Å². The Morgan fingerprint density at radius 1 is 1.20 bits per heavy atom. The summed E-state index contributed by atoms with van der Waals surface area (Å²) in [6.07, 6.45) is 6.68. The summed E-state index contributed by atoms with van der Waals surface area (Å²) in [7, 11) is 0. The van der Waals surface area contributed by atoms with Gasteiger partial charge in [-0.2, -0.15) is 15.1 Å². The molecule has 0 spiro atoms. The van der Waals surface area contributed by atoms with Gasteiger partial charge >= 0.3 is 0 Å². The number of ether oxygens (including phenoxy) is 2. The summed E-state index contributed by atoms with van der Waals surface area (Å²) in [5.74, 6) is 1.21. The molecule has 0 aliphatic heterocycles. The van der Waals surface area contributed by atoms with Crippen LogP contribution in [0.1, 0.15) is 26.7 Å². The van der Waals surface area contributed by atoms with Crippen LogP contribution in [0.4, 0.5) is 5.69 Å². The Balaban J connectivity index is 2.11. The zero-order chi connectivity index (χ0) is 14.4. The Kier molecular flexibility index (Phi) is 4.75. The second-order valence-corrected chi connectivity index (χ2v) is 4.29. The number of rotatable bonds is 7. The van der Waals surface area contributed by atoms with E-state index in [0.29, 0.717) is 23.9 Å². The summed E-state index contributed by atoms with van der Waals surface area (Å²) in [6.45, 7) is 5.49. The fraction of sp³-hybridized carbons (Fsp3) is 0.462. The molecule has 0 radical (unpaired) electrons. The van der Waals surface area contributed by atoms with Crippen LogP contribution < -0.4 is 15.2 Å². The van der Waals surface area contributed by atoms with Gasteiger partial charge in [-0.15, -0.1) is 0 Å². The predicted molar refractivity (Wildman–Crippen MR) is 74.8 cm³/mol. The standard InChI is InChI=1S/C13H19N5O2/c1-3-5-18-8-10(7-17-18)20-13-11(14)12(15-9-16-13)19-6-4-2/h7-9H,3-6,14H2,1-2H3. The van der Waals surface area contributed by atoms with E-state index < -0.39 is 0 Å². The maximum atomic E-state index is 5.94. The molecule has 2 N–H and O–H groups in total. The van der Waals surface area contributed by atoms with E-state index in [1.54, 1.807) is 17.1 Å². The molecule has 0 saturated heterocycles. The van der Waals surface area contributed by atoms with Gasteiger partial charge in [0.15, 0.2) is 11.4 Å². The van der Waals surface area contributed by atoms with E-state index in [1.807, 2.05) is 6.92 Å². The first-order valence-corrected chi connectivity index (χ1v) is 6.68. The van der Waals surface area contributed by atoms with Gasteiger partial charge in [-0.1, -0.05) is 13.8 Å². The topological polar surface area (TPSA) is 88.1 Å². The predicted octanol–water partition coefficient (Wildman–Crippen LogP) is 2.25. The first kappa shape index (κ1) is 14.1. The lowest BCUT2D eigenvalue weighted by molar-refractivity contribution is 0.304. The number of nitrogens with two attached hydrogens (primary N) is 1. The summed E-state index contributed by atoms with van der Waals surface area (Å²) in [5, 5.41) is 4.18. The molecular formula is C13H19N5O2. The first-order chi connectivity index (χ1) is 9.74. The minimum atomic E-state index is 0.280. The van der Waals surface area contributed by atoms with E-state index in [-0.39, 0.29) is 5.88 Å². The number of aromatic nitrogens is 4. The van der Waals surface area contributed by atoms with Crippen LogP contribution >= 0.6 is 0 Å². The second kappa shape index (κ2) is 6.74. The number of nitrogen functional groups attached to an aromatic ring is 1. The molecular weight excluding hydrogens is 258 g/mol. The second-order valence-electron chi connectivity index (χ2n) is 4.29. The highest BCUT2D eigenvalue weighted by Crippen LogP contribution is 2.30. The molecule has 0 saturated carbocycles. The molecule has 2 aromatic rings. The Morgan fingerprint density at radius 2 is 2.00 bits per heavy atom. The highest BCUT2D eigenvalue weighted by atomic mass is 16.5. The van der Waals surface area contributed by atoms with E-state index >= 15 is 0 Å². The van der Waals surface area contributed by atoms with Crippen LogP contribution in [0.5, 0.6) is 17.5 Å². The van der Waals surface area contributed by atoms with Crippen LogP contribution in [-0.2, 0) is 6.54 Å². The van der Waals surface area contributed by atoms with Crippen molar-refractivity contribution in [2.45, 2.75) is 33.2 Å². The third-order valence-electron chi connectivity index (χ3n) is 2.53. The highest BCUT2D eigenvalue weighted by molar-refractivity contribution is 5.56. The van der Waals surface area contributed by atoms with Gasteiger partial charge < -0.3 is 15.2 Å². The third kappa shape index (κ3) is 3.37. The molecule has 0 unspecified atom stereocenters. The molecule has 0 atom stereocenters. The number of aryl methyl sites for hydroxylation is 1. The summed E-state index contributed by atoms with van der Waals surface area (Å²) in [6, 6.07) is 0. The number of hydrogen-bond donors (Lipinski definition) is 1. The molecule has 0 fully saturated rings. The minimum Gasteiger partial charge on any atom is -0.476 e. The number of hydrogen-bond acceptors (Lipinski definition) is 6. The zero-order valence-electron chi connectivity index (χ0n) is 11.7. The molecule has 108 valence electrons. The van der Waals surface area contributed by atoms with E-state index in [4.69, 9.17) is 15.2 Å². The fourth-order valence-corrected chi connectivity index (χ4v) is 1.62. The normalized spacial score (nSPS) is 10.5. The minimum absolute atomic E-state index is 0.280. The molecule has 0 bridgehead atoms. The monoisotopic (exact) mass is 277 g/mol. The summed E-state index contributed by atoms with van der Waals surface area (Å²) in [4.78, 5) is 8.02. The Labute approximate surface area is 117 Å². The van der Waals surface area contributed by atoms with Crippen LogP contribution in [0.2, 0.25) is 0 Å². The van der Waals surface area contributed by atoms with Crippen molar-refractivity contribution >= 4 is 5.69 Å². The average Bonchev–Trinajstić information content (AvgIpc) is 2.88. The van der Waals surface area contributed by atoms with E-state index in [9.17, 15) is 0 Å². The van der Waals surface area contributed by atoms with Crippen molar-refractivity contribution in [2.75, 3.05) is 12.3 Å². The quantitative estimate of drug-likeness (QED) is 0.835. The van der Waals surface area contributed by atoms with Crippen molar-refractivity contribution in [1.82, 2.24) is 19.7 Å². The SMILES string of the molecule is CCCOc1ncnc(Oc2cnn(CCC)c2)c1N. The number of nitrogens with zero attached hydrogens (tertiary/aromatic N) is 4. The van der Waals surface area contributed by atoms with Crippen molar-refractivity contribution in [3.63, 3.8) is 0 Å². The molecule has 0 aliphatic rings. The van der Waals surface area contributed by atoms with Gasteiger partial charge in [-0.05, 0) is 12.8 Å². The van der Waals surface area contributed by atoms with Gasteiger partial charge in [0.2, 0.25) is 11.8 Å². The molecule has 0 aromatic carbocycles. The first-order valence-electron chi connectivity index (χ1n) is 6.68. The maximum absolute atomic E-state index is 5.94. The number of anilines is 1. The van der Waals surface area contributed by atoms with E-state index in [2.05, 4.69) is 22.0 Å². The molecule has 0 amide bonds. The van der Waals surface area contributed by atoms with Crippen molar-refractivity contribution in [3.05, 3.63) is 18.7 Å². The lowest BCUT2D eigenvalue weighted by atomic mass is 10.4. The van der Waals surface area contributed by atoms with Crippen LogP contribution in [0.3, 0.4) is 0 Å². The van der Waals surface area contributed by atoms with Gasteiger partial charge in [0, 0.05) is 6.54 Å². The van der Waals surface area contributed by atoms with Gasteiger partial charge in [0.05, 0.1) is 19.0 Å². The Morgan fingerprint density at radius 3 is 2.75 bits per heavy atom. The van der Waals surface area contributed by atoms with Gasteiger partial charge in [-0.3, -0.25) is 4.68 Å². The lowest BCUT2D eigenvalue weighted by Gasteiger charge is -2.09. The summed E-state index contributed by atoms with van der Waals surface area (Å²) >= 11 is 0. The van der Waals surface area contributed by atoms with Crippen molar-refractivity contribution in [3.8, 4) is 17.5 Å². The highest BCUT2D eigenvalue weighted by Gasteiger charge is 2.12. The molecule has 2 heterocycles. The molecule has 0 aliphatic carbocycles. The summed E-state index contributed by atoms with van der Waals surface area (Å²) < 4.78 is 12.9. The van der Waals surface area contributed by atoms with E-state index in [0.717, 1.165) is 19.4 Å². The fourth-order valence-electron chi connectivity index (χ4n) is 1.62. The van der Waals surface area contributed by atoms with Gasteiger partial charge in [-0.25, -0.2) is 0 Å². The zero-order valence-corrected chi connectivity index (χ0v) is 11.7. The smallest absolute Gasteiger partial charge is 0.250 e. The van der Waals surface area contributed by atoms with E-state index in [1.165, 1.54) is 6.33 Å². The molecule has 7 heteroatoms. The van der Waals surface area contributed by atoms with Crippen LogP contribution in [0, 0.1) is 0 Å². The lowest BCUT2D eigenvalue weighted by Crippen LogP contribution is -2.04. The van der Waals surface area contributed by atoms with Crippen LogP contribution in [-0.4, -0.2) is 26.4 Å². The Bertz CT molecular complexity index is 555. The maximum Gasteiger partial charge on any atom is 0.250 e. The molecule has 20 heavy (non-hydrogen) atoms. The van der Waals surface area contributed by atoms with Crippen LogP contribution in [0.25, 0.3) is 0 Å². The molecule has 2 rings (SSSR count). The summed E-state index contributed by atoms with van der Waals surface area (Å²) in [5.41, 5.74) is 6.23. The van der Waals surface area contributed by atoms with Gasteiger partial charge in [0.25, 0.3) is 0 Å². The molecule has 2 aromatic heterocycles. The van der Waals surface area contributed by atoms with Crippen molar-refractivity contribution < 1.29 is 9.47 Å².